The molecule has 1 fully saturated rings. The summed E-state index contributed by atoms with van der Waals surface area (Å²) in [6.45, 7) is 1.55. The molecule has 0 spiro atoms. The largest absolute Gasteiger partial charge is 0.472 e. The Bertz CT molecular complexity index is 514. The van der Waals surface area contributed by atoms with Crippen molar-refractivity contribution in [2.24, 2.45) is 5.41 Å². The van der Waals surface area contributed by atoms with E-state index in [0.29, 0.717) is 13.2 Å². The number of thioether (sulfide) groups is 1. The Morgan fingerprint density at radius 2 is 2.37 bits per heavy atom. The number of nitrogens with zero attached hydrogens (tertiary/aromatic N) is 1. The molecular formula is C13H15NO3S2. The molecule has 0 unspecified atom stereocenters. The summed E-state index contributed by atoms with van der Waals surface area (Å²) in [7, 11) is 0. The van der Waals surface area contributed by atoms with Crippen LogP contribution in [0.4, 0.5) is 0 Å². The minimum atomic E-state index is -0.0198. The molecule has 102 valence electrons. The third kappa shape index (κ3) is 2.86. The average molecular weight is 297 g/mol. The quantitative estimate of drug-likeness (QED) is 0.888. The molecule has 2 aromatic rings. The van der Waals surface area contributed by atoms with E-state index >= 15 is 0 Å². The van der Waals surface area contributed by atoms with Crippen molar-refractivity contribution in [2.75, 3.05) is 25.6 Å². The predicted octanol–water partition coefficient (Wildman–Crippen LogP) is 2.65. The number of aliphatic hydroxyl groups excluding tert-OH is 1. The standard InChI is InChI=1S/C13H15NO3S2/c15-6-13(7-17-8-13)9-18-4-11-5-19-12(14-11)10-1-2-16-3-10/h1-3,5,15H,4,6-9H2. The lowest BCUT2D eigenvalue weighted by Crippen LogP contribution is -2.47. The fourth-order valence-electron chi connectivity index (χ4n) is 1.88. The Hall–Kier alpha value is -0.820. The first-order valence-electron chi connectivity index (χ1n) is 6.05. The first-order chi connectivity index (χ1) is 9.31. The van der Waals surface area contributed by atoms with Gasteiger partial charge in [0.25, 0.3) is 0 Å². The molecule has 2 aromatic heterocycles. The third-order valence-electron chi connectivity index (χ3n) is 3.13. The summed E-state index contributed by atoms with van der Waals surface area (Å²) >= 11 is 3.44. The van der Waals surface area contributed by atoms with Crippen LogP contribution in [0.25, 0.3) is 10.6 Å². The third-order valence-corrected chi connectivity index (χ3v) is 5.39. The molecule has 0 atom stereocenters. The van der Waals surface area contributed by atoms with E-state index in [4.69, 9.17) is 9.15 Å². The molecular weight excluding hydrogens is 282 g/mol. The lowest BCUT2D eigenvalue weighted by Gasteiger charge is -2.39. The summed E-state index contributed by atoms with van der Waals surface area (Å²) in [5.41, 5.74) is 2.09. The van der Waals surface area contributed by atoms with Gasteiger partial charge in [-0.1, -0.05) is 0 Å². The second kappa shape index (κ2) is 5.66. The van der Waals surface area contributed by atoms with E-state index in [-0.39, 0.29) is 12.0 Å². The van der Waals surface area contributed by atoms with Crippen LogP contribution in [0, 0.1) is 5.41 Å². The molecule has 1 aliphatic rings. The summed E-state index contributed by atoms with van der Waals surface area (Å²) in [5, 5.41) is 12.4. The van der Waals surface area contributed by atoms with Crippen molar-refractivity contribution in [2.45, 2.75) is 5.75 Å². The van der Waals surface area contributed by atoms with Crippen LogP contribution in [-0.4, -0.2) is 35.7 Å². The maximum Gasteiger partial charge on any atom is 0.126 e. The fourth-order valence-corrected chi connectivity index (χ4v) is 3.94. The molecule has 19 heavy (non-hydrogen) atoms. The number of hydrogen-bond acceptors (Lipinski definition) is 6. The smallest absolute Gasteiger partial charge is 0.126 e. The molecule has 1 saturated heterocycles. The molecule has 4 nitrogen and oxygen atoms in total. The summed E-state index contributed by atoms with van der Waals surface area (Å²) in [5.74, 6) is 1.79. The number of rotatable bonds is 6. The van der Waals surface area contributed by atoms with E-state index < -0.39 is 0 Å². The Morgan fingerprint density at radius 1 is 1.47 bits per heavy atom. The zero-order chi connectivity index (χ0) is 13.1. The van der Waals surface area contributed by atoms with Crippen LogP contribution in [0.2, 0.25) is 0 Å². The van der Waals surface area contributed by atoms with Gasteiger partial charge in [0.1, 0.15) is 11.3 Å². The van der Waals surface area contributed by atoms with Crippen molar-refractivity contribution in [3.05, 3.63) is 29.7 Å². The molecule has 3 rings (SSSR count). The van der Waals surface area contributed by atoms with E-state index in [9.17, 15) is 5.11 Å². The van der Waals surface area contributed by atoms with Crippen molar-refractivity contribution < 1.29 is 14.3 Å². The second-order valence-corrected chi connectivity index (χ2v) is 6.64. The molecule has 0 radical (unpaired) electrons. The molecule has 3 heterocycles. The van der Waals surface area contributed by atoms with Crippen molar-refractivity contribution in [1.29, 1.82) is 0 Å². The lowest BCUT2D eigenvalue weighted by atomic mass is 9.90. The van der Waals surface area contributed by atoms with Crippen LogP contribution < -0.4 is 0 Å². The van der Waals surface area contributed by atoms with Gasteiger partial charge in [0.2, 0.25) is 0 Å². The van der Waals surface area contributed by atoms with Gasteiger partial charge in [-0.05, 0) is 6.07 Å². The van der Waals surface area contributed by atoms with Gasteiger partial charge in [-0.2, -0.15) is 11.8 Å². The van der Waals surface area contributed by atoms with Crippen LogP contribution in [-0.2, 0) is 10.5 Å². The van der Waals surface area contributed by atoms with E-state index in [2.05, 4.69) is 10.4 Å². The molecule has 1 aliphatic heterocycles. The highest BCUT2D eigenvalue weighted by Crippen LogP contribution is 2.33. The summed E-state index contributed by atoms with van der Waals surface area (Å²) in [6.07, 6.45) is 3.37. The number of furan rings is 1. The molecule has 0 aliphatic carbocycles. The zero-order valence-electron chi connectivity index (χ0n) is 10.4. The van der Waals surface area contributed by atoms with Gasteiger partial charge in [-0.15, -0.1) is 11.3 Å². The lowest BCUT2D eigenvalue weighted by molar-refractivity contribution is -0.121. The minimum absolute atomic E-state index is 0.0198. The maximum absolute atomic E-state index is 9.35. The topological polar surface area (TPSA) is 55.5 Å². The highest BCUT2D eigenvalue weighted by molar-refractivity contribution is 7.98. The van der Waals surface area contributed by atoms with Crippen LogP contribution in [0.3, 0.4) is 0 Å². The Labute approximate surface area is 119 Å². The van der Waals surface area contributed by atoms with E-state index in [1.54, 1.807) is 35.6 Å². The number of aliphatic hydroxyl groups is 1. The van der Waals surface area contributed by atoms with Gasteiger partial charge in [0, 0.05) is 27.9 Å². The van der Waals surface area contributed by atoms with Crippen molar-refractivity contribution in [3.63, 3.8) is 0 Å². The van der Waals surface area contributed by atoms with Crippen molar-refractivity contribution >= 4 is 23.1 Å². The molecule has 0 bridgehead atoms. The fraction of sp³-hybridized carbons (Fsp3) is 0.462. The van der Waals surface area contributed by atoms with Crippen LogP contribution >= 0.6 is 23.1 Å². The van der Waals surface area contributed by atoms with Gasteiger partial charge in [0.15, 0.2) is 0 Å². The SMILES string of the molecule is OCC1(CSCc2csc(-c3ccoc3)n2)COC1. The highest BCUT2D eigenvalue weighted by Gasteiger charge is 2.37. The summed E-state index contributed by atoms with van der Waals surface area (Å²) < 4.78 is 10.2. The monoisotopic (exact) mass is 297 g/mol. The van der Waals surface area contributed by atoms with Crippen molar-refractivity contribution in [3.8, 4) is 10.6 Å². The average Bonchev–Trinajstić information content (AvgIpc) is 3.02. The van der Waals surface area contributed by atoms with Gasteiger partial charge >= 0.3 is 0 Å². The number of ether oxygens (including phenoxy) is 1. The Morgan fingerprint density at radius 3 is 3.00 bits per heavy atom. The Balaban J connectivity index is 1.53. The first-order valence-corrected chi connectivity index (χ1v) is 8.08. The van der Waals surface area contributed by atoms with Gasteiger partial charge < -0.3 is 14.3 Å². The summed E-state index contributed by atoms with van der Waals surface area (Å²) in [6, 6.07) is 1.92. The number of hydrogen-bond donors (Lipinski definition) is 1. The van der Waals surface area contributed by atoms with Gasteiger partial charge in [0.05, 0.1) is 31.8 Å². The number of aromatic nitrogens is 1. The normalized spacial score (nSPS) is 17.3. The van der Waals surface area contributed by atoms with Gasteiger partial charge in [-0.25, -0.2) is 4.98 Å². The molecule has 0 aromatic carbocycles. The van der Waals surface area contributed by atoms with Crippen LogP contribution in [0.1, 0.15) is 5.69 Å². The van der Waals surface area contributed by atoms with Crippen LogP contribution in [0.15, 0.2) is 28.4 Å². The zero-order valence-corrected chi connectivity index (χ0v) is 12.0. The molecule has 6 heteroatoms. The van der Waals surface area contributed by atoms with E-state index in [1.165, 1.54) is 0 Å². The maximum atomic E-state index is 9.35. The predicted molar refractivity (Wildman–Crippen MR) is 76.3 cm³/mol. The molecule has 0 saturated carbocycles. The van der Waals surface area contributed by atoms with E-state index in [0.717, 1.165) is 27.8 Å². The second-order valence-electron chi connectivity index (χ2n) is 4.80. The summed E-state index contributed by atoms with van der Waals surface area (Å²) in [4.78, 5) is 4.59. The molecule has 1 N–H and O–H groups in total. The highest BCUT2D eigenvalue weighted by atomic mass is 32.2. The van der Waals surface area contributed by atoms with Gasteiger partial charge in [-0.3, -0.25) is 0 Å². The Kier molecular flexibility index (Phi) is 3.93. The molecule has 0 amide bonds. The number of thiazole rings is 1. The van der Waals surface area contributed by atoms with Crippen LogP contribution in [0.5, 0.6) is 0 Å². The van der Waals surface area contributed by atoms with E-state index in [1.807, 2.05) is 6.07 Å². The minimum Gasteiger partial charge on any atom is -0.472 e. The first kappa shape index (κ1) is 13.2. The van der Waals surface area contributed by atoms with Crippen molar-refractivity contribution in [1.82, 2.24) is 4.98 Å².